The number of alkyl carbamates (subject to hydrolysis) is 1. The van der Waals surface area contributed by atoms with Crippen molar-refractivity contribution in [3.05, 3.63) is 0 Å². The van der Waals surface area contributed by atoms with E-state index in [4.69, 9.17) is 9.84 Å². The van der Waals surface area contributed by atoms with Crippen molar-refractivity contribution in [1.29, 1.82) is 0 Å². The smallest absolute Gasteiger partial charge is 0.453 e. The lowest BCUT2D eigenvalue weighted by atomic mass is 10.1. The Balaban J connectivity index is 4.67. The van der Waals surface area contributed by atoms with Crippen LogP contribution in [0.1, 0.15) is 33.6 Å². The summed E-state index contributed by atoms with van der Waals surface area (Å²) < 4.78 is 66.0. The molecule has 0 bridgehead atoms. The third kappa shape index (κ3) is 7.09. The third-order valence-corrected chi connectivity index (χ3v) is 2.15. The first-order valence-corrected chi connectivity index (χ1v) is 5.82. The van der Waals surface area contributed by atoms with E-state index < -0.39 is 48.6 Å². The molecule has 2 N–H and O–H groups in total. The molecule has 0 unspecified atom stereocenters. The van der Waals surface area contributed by atoms with Crippen molar-refractivity contribution in [2.45, 2.75) is 57.4 Å². The molecule has 10 heteroatoms. The van der Waals surface area contributed by atoms with Gasteiger partial charge in [0.2, 0.25) is 0 Å². The summed E-state index contributed by atoms with van der Waals surface area (Å²) >= 11 is 0. The number of ether oxygens (including phenoxy) is 1. The Kier molecular flexibility index (Phi) is 5.94. The zero-order chi connectivity index (χ0) is 17.1. The van der Waals surface area contributed by atoms with Crippen molar-refractivity contribution in [2.75, 3.05) is 0 Å². The molecule has 0 rings (SSSR count). The molecule has 0 aliphatic carbocycles. The van der Waals surface area contributed by atoms with Crippen LogP contribution in [0.3, 0.4) is 0 Å². The fraction of sp³-hybridized carbons (Fsp3) is 0.818. The Bertz CT molecular complexity index is 389. The van der Waals surface area contributed by atoms with Crippen LogP contribution in [-0.2, 0) is 9.53 Å². The number of aliphatic carboxylic acids is 1. The average Bonchev–Trinajstić information content (AvgIpc) is 2.19. The van der Waals surface area contributed by atoms with E-state index in [1.165, 1.54) is 20.8 Å². The lowest BCUT2D eigenvalue weighted by Crippen LogP contribution is -2.45. The van der Waals surface area contributed by atoms with Crippen LogP contribution in [0.2, 0.25) is 0 Å². The highest BCUT2D eigenvalue weighted by molar-refractivity contribution is 5.79. The minimum Gasteiger partial charge on any atom is -0.480 e. The number of hydrogen-bond acceptors (Lipinski definition) is 3. The Morgan fingerprint density at radius 2 is 1.62 bits per heavy atom. The number of carboxylic acids is 1. The molecule has 0 aromatic rings. The molecule has 0 aliphatic heterocycles. The van der Waals surface area contributed by atoms with Gasteiger partial charge in [-0.15, -0.1) is 0 Å². The topological polar surface area (TPSA) is 75.6 Å². The van der Waals surface area contributed by atoms with E-state index >= 15 is 0 Å². The molecule has 0 spiro atoms. The maximum Gasteiger partial charge on any atom is 0.453 e. The number of alkyl halides is 5. The van der Waals surface area contributed by atoms with Crippen LogP contribution in [0.15, 0.2) is 0 Å². The molecule has 0 saturated heterocycles. The van der Waals surface area contributed by atoms with Crippen molar-refractivity contribution < 1.29 is 41.4 Å². The first kappa shape index (κ1) is 19.4. The predicted molar refractivity (Wildman–Crippen MR) is 61.0 cm³/mol. The Morgan fingerprint density at radius 1 is 1.14 bits per heavy atom. The monoisotopic (exact) mass is 321 g/mol. The molecule has 0 fully saturated rings. The molecule has 21 heavy (non-hydrogen) atoms. The van der Waals surface area contributed by atoms with Gasteiger partial charge in [-0.3, -0.25) is 0 Å². The van der Waals surface area contributed by atoms with Gasteiger partial charge in [0, 0.05) is 6.42 Å². The summed E-state index contributed by atoms with van der Waals surface area (Å²) in [5.74, 6) is -6.77. The summed E-state index contributed by atoms with van der Waals surface area (Å²) in [7, 11) is 0. The molecule has 0 aromatic carbocycles. The van der Waals surface area contributed by atoms with Gasteiger partial charge < -0.3 is 15.2 Å². The first-order valence-electron chi connectivity index (χ1n) is 5.82. The number of nitrogens with one attached hydrogen (secondary N) is 1. The van der Waals surface area contributed by atoms with Gasteiger partial charge in [0.15, 0.2) is 0 Å². The van der Waals surface area contributed by atoms with Crippen molar-refractivity contribution in [3.8, 4) is 0 Å². The number of carboxylic acid groups (broad SMARTS) is 1. The van der Waals surface area contributed by atoms with Crippen LogP contribution in [0.5, 0.6) is 0 Å². The summed E-state index contributed by atoms with van der Waals surface area (Å²) in [5, 5.41) is 10.5. The summed E-state index contributed by atoms with van der Waals surface area (Å²) in [6, 6.07) is -1.91. The Hall–Kier alpha value is -1.61. The second-order valence-electron chi connectivity index (χ2n) is 5.28. The molecule has 1 atom stereocenters. The molecule has 124 valence electrons. The lowest BCUT2D eigenvalue weighted by molar-refractivity contribution is -0.284. The molecule has 0 heterocycles. The van der Waals surface area contributed by atoms with Gasteiger partial charge in [-0.2, -0.15) is 22.0 Å². The third-order valence-electron chi connectivity index (χ3n) is 2.15. The zero-order valence-corrected chi connectivity index (χ0v) is 11.6. The van der Waals surface area contributed by atoms with Gasteiger partial charge in [-0.05, 0) is 27.2 Å². The first-order chi connectivity index (χ1) is 9.16. The lowest BCUT2D eigenvalue weighted by Gasteiger charge is -2.24. The second-order valence-corrected chi connectivity index (χ2v) is 5.28. The number of halogens is 5. The molecule has 5 nitrogen and oxygen atoms in total. The quantitative estimate of drug-likeness (QED) is 0.763. The van der Waals surface area contributed by atoms with E-state index in [1.807, 2.05) is 0 Å². The Labute approximate surface area is 117 Å². The van der Waals surface area contributed by atoms with Crippen LogP contribution >= 0.6 is 0 Å². The van der Waals surface area contributed by atoms with E-state index in [0.717, 1.165) is 0 Å². The second kappa shape index (κ2) is 6.44. The van der Waals surface area contributed by atoms with Gasteiger partial charge >= 0.3 is 24.2 Å². The van der Waals surface area contributed by atoms with Crippen LogP contribution in [0, 0.1) is 0 Å². The summed E-state index contributed by atoms with van der Waals surface area (Å²) in [6.07, 6.45) is -9.85. The molecular weight excluding hydrogens is 305 g/mol. The predicted octanol–water partition coefficient (Wildman–Crippen LogP) is 2.94. The number of carbonyl (C=O) groups excluding carboxylic acids is 1. The molecule has 0 saturated carbocycles. The number of carbonyl (C=O) groups is 2. The van der Waals surface area contributed by atoms with Gasteiger partial charge in [0.05, 0.1) is 0 Å². The minimum absolute atomic E-state index is 0.969. The van der Waals surface area contributed by atoms with E-state index in [-0.39, 0.29) is 0 Å². The van der Waals surface area contributed by atoms with Gasteiger partial charge in [-0.25, -0.2) is 9.59 Å². The van der Waals surface area contributed by atoms with E-state index in [9.17, 15) is 31.5 Å². The summed E-state index contributed by atoms with van der Waals surface area (Å²) in [5.41, 5.74) is -0.969. The zero-order valence-electron chi connectivity index (χ0n) is 11.6. The van der Waals surface area contributed by atoms with E-state index in [1.54, 1.807) is 5.32 Å². The maximum atomic E-state index is 12.7. The Morgan fingerprint density at radius 3 is 1.95 bits per heavy atom. The minimum atomic E-state index is -5.78. The summed E-state index contributed by atoms with van der Waals surface area (Å²) in [6.45, 7) is 4.42. The van der Waals surface area contributed by atoms with Crippen molar-refractivity contribution >= 4 is 12.1 Å². The average molecular weight is 321 g/mol. The van der Waals surface area contributed by atoms with Crippen LogP contribution < -0.4 is 5.32 Å². The highest BCUT2D eigenvalue weighted by Crippen LogP contribution is 2.39. The van der Waals surface area contributed by atoms with Crippen molar-refractivity contribution in [1.82, 2.24) is 5.32 Å². The largest absolute Gasteiger partial charge is 0.480 e. The number of hydrogen-bond donors (Lipinski definition) is 2. The fourth-order valence-corrected chi connectivity index (χ4v) is 1.17. The number of amides is 1. The number of rotatable bonds is 5. The molecule has 0 aromatic heterocycles. The normalized spacial score (nSPS) is 14.5. The SMILES string of the molecule is CC(C)(C)OC(=O)N[C@@H](CCC(F)(F)C(F)(F)F)C(=O)O. The van der Waals surface area contributed by atoms with Crippen molar-refractivity contribution in [2.24, 2.45) is 0 Å². The van der Waals surface area contributed by atoms with Gasteiger partial charge in [0.1, 0.15) is 11.6 Å². The van der Waals surface area contributed by atoms with Crippen LogP contribution in [0.4, 0.5) is 26.7 Å². The standard InChI is InChI=1S/C11H16F5NO4/c1-9(2,3)21-8(20)17-6(7(18)19)4-5-10(12,13)11(14,15)16/h6H,4-5H2,1-3H3,(H,17,20)(H,18,19)/t6-/m0/s1. The highest BCUT2D eigenvalue weighted by atomic mass is 19.4. The van der Waals surface area contributed by atoms with E-state index in [0.29, 0.717) is 0 Å². The van der Waals surface area contributed by atoms with Crippen molar-refractivity contribution in [3.63, 3.8) is 0 Å². The molecule has 0 radical (unpaired) electrons. The molecular formula is C11H16F5NO4. The van der Waals surface area contributed by atoms with Crippen LogP contribution in [-0.4, -0.2) is 40.9 Å². The van der Waals surface area contributed by atoms with Gasteiger partial charge in [-0.1, -0.05) is 0 Å². The molecule has 1 amide bonds. The molecule has 0 aliphatic rings. The highest BCUT2D eigenvalue weighted by Gasteiger charge is 2.57. The summed E-state index contributed by atoms with van der Waals surface area (Å²) in [4.78, 5) is 22.1. The fourth-order valence-electron chi connectivity index (χ4n) is 1.17. The van der Waals surface area contributed by atoms with Crippen LogP contribution in [0.25, 0.3) is 0 Å². The maximum absolute atomic E-state index is 12.7. The van der Waals surface area contributed by atoms with Gasteiger partial charge in [0.25, 0.3) is 0 Å². The van der Waals surface area contributed by atoms with E-state index in [2.05, 4.69) is 0 Å².